The smallest absolute Gasteiger partial charge is 0.103 e. The molecule has 1 aliphatic carbocycles. The Balaban J connectivity index is 2.26. The van der Waals surface area contributed by atoms with E-state index in [1.165, 1.54) is 32.1 Å². The molecule has 1 N–H and O–H groups in total. The van der Waals surface area contributed by atoms with Gasteiger partial charge in [-0.1, -0.05) is 20.3 Å². The van der Waals surface area contributed by atoms with Crippen LogP contribution in [0.15, 0.2) is 0 Å². The molecule has 3 heteroatoms. The highest BCUT2D eigenvalue weighted by atomic mass is 15.1. The Hall–Kier alpha value is -0.590. The van der Waals surface area contributed by atoms with E-state index < -0.39 is 0 Å². The van der Waals surface area contributed by atoms with Gasteiger partial charge in [0, 0.05) is 6.04 Å². The number of nitrogens with zero attached hydrogens (tertiary/aromatic N) is 2. The van der Waals surface area contributed by atoms with Crippen molar-refractivity contribution in [2.75, 3.05) is 20.1 Å². The van der Waals surface area contributed by atoms with Gasteiger partial charge >= 0.3 is 0 Å². The lowest BCUT2D eigenvalue weighted by molar-refractivity contribution is 0.159. The van der Waals surface area contributed by atoms with Gasteiger partial charge in [-0.3, -0.25) is 5.32 Å². The topological polar surface area (TPSA) is 39.1 Å². The first-order chi connectivity index (χ1) is 9.54. The van der Waals surface area contributed by atoms with Gasteiger partial charge in [-0.15, -0.1) is 0 Å². The molecule has 0 saturated heterocycles. The minimum atomic E-state index is -0.352. The third kappa shape index (κ3) is 5.42. The van der Waals surface area contributed by atoms with E-state index in [0.717, 1.165) is 37.9 Å². The second-order valence-electron chi connectivity index (χ2n) is 6.64. The molecule has 0 heterocycles. The Kier molecular flexibility index (Phi) is 7.55. The first-order valence-electron chi connectivity index (χ1n) is 8.41. The van der Waals surface area contributed by atoms with Crippen molar-refractivity contribution in [1.82, 2.24) is 10.2 Å². The van der Waals surface area contributed by atoms with E-state index >= 15 is 0 Å². The zero-order chi connectivity index (χ0) is 15.0. The van der Waals surface area contributed by atoms with Crippen LogP contribution in [0.5, 0.6) is 0 Å². The van der Waals surface area contributed by atoms with Crippen molar-refractivity contribution < 1.29 is 0 Å². The second kappa shape index (κ2) is 8.64. The average Bonchev–Trinajstić information content (AvgIpc) is 2.47. The molecule has 20 heavy (non-hydrogen) atoms. The predicted octanol–water partition coefficient (Wildman–Crippen LogP) is 3.56. The first kappa shape index (κ1) is 17.5. The lowest BCUT2D eigenvalue weighted by Crippen LogP contribution is -2.42. The van der Waals surface area contributed by atoms with Crippen molar-refractivity contribution in [3.05, 3.63) is 0 Å². The number of nitriles is 1. The minimum Gasteiger partial charge on any atom is -0.303 e. The molecule has 0 aromatic rings. The van der Waals surface area contributed by atoms with Crippen LogP contribution in [0.4, 0.5) is 0 Å². The monoisotopic (exact) mass is 279 g/mol. The maximum atomic E-state index is 9.26. The molecule has 0 aliphatic heterocycles. The van der Waals surface area contributed by atoms with Crippen LogP contribution in [0, 0.1) is 17.2 Å². The van der Waals surface area contributed by atoms with Crippen LogP contribution in [0.1, 0.15) is 65.7 Å². The summed E-state index contributed by atoms with van der Waals surface area (Å²) in [5, 5.41) is 12.6. The summed E-state index contributed by atoms with van der Waals surface area (Å²) < 4.78 is 0. The average molecular weight is 279 g/mol. The molecule has 3 nitrogen and oxygen atoms in total. The fraction of sp³-hybridized carbons (Fsp3) is 0.941. The zero-order valence-corrected chi connectivity index (χ0v) is 13.9. The standard InChI is InChI=1S/C17H33N3/c1-5-15-8-10-16(11-9-15)20(4)13-7-12-17(3,14-18)19-6-2/h15-16,19H,5-13H2,1-4H3. The minimum absolute atomic E-state index is 0.352. The third-order valence-electron chi connectivity index (χ3n) is 5.02. The van der Waals surface area contributed by atoms with Crippen molar-refractivity contribution in [3.8, 4) is 6.07 Å². The predicted molar refractivity (Wildman–Crippen MR) is 85.6 cm³/mol. The van der Waals surface area contributed by atoms with Gasteiger partial charge < -0.3 is 4.90 Å². The molecule has 1 unspecified atom stereocenters. The third-order valence-corrected chi connectivity index (χ3v) is 5.02. The van der Waals surface area contributed by atoms with Gasteiger partial charge in [-0.25, -0.2) is 0 Å². The summed E-state index contributed by atoms with van der Waals surface area (Å²) in [5.41, 5.74) is -0.352. The van der Waals surface area contributed by atoms with Gasteiger partial charge in [0.05, 0.1) is 6.07 Å². The molecule has 116 valence electrons. The van der Waals surface area contributed by atoms with Gasteiger partial charge in [0.1, 0.15) is 5.54 Å². The highest BCUT2D eigenvalue weighted by Crippen LogP contribution is 2.29. The van der Waals surface area contributed by atoms with Crippen molar-refractivity contribution in [2.45, 2.75) is 77.3 Å². The maximum Gasteiger partial charge on any atom is 0.103 e. The highest BCUT2D eigenvalue weighted by Gasteiger charge is 2.25. The molecule has 1 atom stereocenters. The summed E-state index contributed by atoms with van der Waals surface area (Å²) in [7, 11) is 2.26. The van der Waals surface area contributed by atoms with Crippen LogP contribution < -0.4 is 5.32 Å². The molecule has 1 saturated carbocycles. The molecule has 0 aromatic heterocycles. The molecular formula is C17H33N3. The van der Waals surface area contributed by atoms with E-state index in [4.69, 9.17) is 0 Å². The molecular weight excluding hydrogens is 246 g/mol. The van der Waals surface area contributed by atoms with E-state index in [2.05, 4.69) is 37.2 Å². The Morgan fingerprint density at radius 1 is 1.25 bits per heavy atom. The lowest BCUT2D eigenvalue weighted by Gasteiger charge is -2.35. The molecule has 0 spiro atoms. The van der Waals surface area contributed by atoms with E-state index in [-0.39, 0.29) is 5.54 Å². The summed E-state index contributed by atoms with van der Waals surface area (Å²) in [6, 6.07) is 3.19. The summed E-state index contributed by atoms with van der Waals surface area (Å²) in [5.74, 6) is 0.968. The quantitative estimate of drug-likeness (QED) is 0.738. The van der Waals surface area contributed by atoms with Crippen LogP contribution in [-0.4, -0.2) is 36.6 Å². The number of hydrogen-bond acceptors (Lipinski definition) is 3. The summed E-state index contributed by atoms with van der Waals surface area (Å²) in [6.45, 7) is 8.38. The van der Waals surface area contributed by atoms with Crippen LogP contribution in [0.3, 0.4) is 0 Å². The van der Waals surface area contributed by atoms with Gasteiger partial charge in [0.15, 0.2) is 0 Å². The van der Waals surface area contributed by atoms with Gasteiger partial charge in [-0.05, 0) is 71.5 Å². The fourth-order valence-electron chi connectivity index (χ4n) is 3.43. The Labute approximate surface area is 125 Å². The van der Waals surface area contributed by atoms with E-state index in [9.17, 15) is 5.26 Å². The van der Waals surface area contributed by atoms with E-state index in [1.54, 1.807) is 0 Å². The zero-order valence-electron chi connectivity index (χ0n) is 13.9. The molecule has 0 aromatic carbocycles. The first-order valence-corrected chi connectivity index (χ1v) is 8.41. The number of hydrogen-bond donors (Lipinski definition) is 1. The number of rotatable bonds is 8. The summed E-state index contributed by atoms with van der Waals surface area (Å²) in [4.78, 5) is 2.52. The molecule has 1 aliphatic rings. The molecule has 0 bridgehead atoms. The Morgan fingerprint density at radius 2 is 1.90 bits per heavy atom. The number of nitrogens with one attached hydrogen (secondary N) is 1. The van der Waals surface area contributed by atoms with Crippen LogP contribution in [0.25, 0.3) is 0 Å². The molecule has 0 radical (unpaired) electrons. The van der Waals surface area contributed by atoms with Crippen molar-refractivity contribution in [1.29, 1.82) is 5.26 Å². The molecule has 1 rings (SSSR count). The highest BCUT2D eigenvalue weighted by molar-refractivity contribution is 5.03. The van der Waals surface area contributed by atoms with Crippen LogP contribution >= 0.6 is 0 Å². The maximum absolute atomic E-state index is 9.26. The van der Waals surface area contributed by atoms with Crippen molar-refractivity contribution in [3.63, 3.8) is 0 Å². The summed E-state index contributed by atoms with van der Waals surface area (Å²) >= 11 is 0. The largest absolute Gasteiger partial charge is 0.303 e. The SMILES string of the molecule is CCNC(C)(C#N)CCCN(C)C1CCC(CC)CC1. The Bertz CT molecular complexity index is 302. The van der Waals surface area contributed by atoms with Gasteiger partial charge in [-0.2, -0.15) is 5.26 Å². The van der Waals surface area contributed by atoms with Gasteiger partial charge in [0.2, 0.25) is 0 Å². The fourth-order valence-corrected chi connectivity index (χ4v) is 3.43. The molecule has 1 fully saturated rings. The van der Waals surface area contributed by atoms with Crippen molar-refractivity contribution >= 4 is 0 Å². The van der Waals surface area contributed by atoms with Crippen LogP contribution in [0.2, 0.25) is 0 Å². The molecule has 0 amide bonds. The lowest BCUT2D eigenvalue weighted by atomic mass is 9.84. The Morgan fingerprint density at radius 3 is 2.40 bits per heavy atom. The van der Waals surface area contributed by atoms with E-state index in [1.807, 2.05) is 6.92 Å². The van der Waals surface area contributed by atoms with Crippen molar-refractivity contribution in [2.24, 2.45) is 5.92 Å². The van der Waals surface area contributed by atoms with E-state index in [0.29, 0.717) is 0 Å². The second-order valence-corrected chi connectivity index (χ2v) is 6.64. The summed E-state index contributed by atoms with van der Waals surface area (Å²) in [6.07, 6.45) is 8.90. The normalized spacial score (nSPS) is 26.2. The van der Waals surface area contributed by atoms with Gasteiger partial charge in [0.25, 0.3) is 0 Å². The van der Waals surface area contributed by atoms with Crippen LogP contribution in [-0.2, 0) is 0 Å².